The van der Waals surface area contributed by atoms with E-state index in [9.17, 15) is 9.59 Å². The van der Waals surface area contributed by atoms with Crippen molar-refractivity contribution in [2.75, 3.05) is 0 Å². The molecule has 0 bridgehead atoms. The van der Waals surface area contributed by atoms with Gasteiger partial charge in [-0.05, 0) is 32.9 Å². The standard InChI is InChI=1S/C22H23ClN2O4/c1-13(2)29-21(26)19-14(3)24-22(27)25-20(19)16-9-5-7-11-18(16)28-12-15-8-4-6-10-17(15)23/h4-11,13,20H,12H2,1-3H3,(H2,24,25,27). The molecule has 0 saturated heterocycles. The lowest BCUT2D eigenvalue weighted by atomic mass is 9.94. The average Bonchev–Trinajstić information content (AvgIpc) is 2.66. The normalized spacial score (nSPS) is 16.3. The fourth-order valence-electron chi connectivity index (χ4n) is 3.10. The van der Waals surface area contributed by atoms with Gasteiger partial charge < -0.3 is 20.1 Å². The number of carbonyl (C=O) groups excluding carboxylic acids is 2. The molecule has 0 aromatic heterocycles. The van der Waals surface area contributed by atoms with Gasteiger partial charge in [0, 0.05) is 21.8 Å². The van der Waals surface area contributed by atoms with Crippen molar-refractivity contribution in [1.82, 2.24) is 10.6 Å². The SMILES string of the molecule is CC1=C(C(=O)OC(C)C)C(c2ccccc2OCc2ccccc2Cl)NC(=O)N1. The van der Waals surface area contributed by atoms with Gasteiger partial charge in [-0.1, -0.05) is 48.0 Å². The molecule has 0 aliphatic carbocycles. The summed E-state index contributed by atoms with van der Waals surface area (Å²) in [5.74, 6) is 0.0539. The van der Waals surface area contributed by atoms with E-state index in [1.54, 1.807) is 32.9 Å². The van der Waals surface area contributed by atoms with E-state index >= 15 is 0 Å². The molecule has 1 unspecified atom stereocenters. The summed E-state index contributed by atoms with van der Waals surface area (Å²) >= 11 is 6.22. The van der Waals surface area contributed by atoms with Crippen molar-refractivity contribution in [3.8, 4) is 5.75 Å². The number of carbonyl (C=O) groups is 2. The molecule has 3 rings (SSSR count). The Bertz CT molecular complexity index is 955. The predicted molar refractivity (Wildman–Crippen MR) is 111 cm³/mol. The van der Waals surface area contributed by atoms with Gasteiger partial charge in [0.1, 0.15) is 12.4 Å². The molecule has 2 aromatic carbocycles. The zero-order valence-corrected chi connectivity index (χ0v) is 17.2. The number of allylic oxidation sites excluding steroid dienone is 1. The lowest BCUT2D eigenvalue weighted by molar-refractivity contribution is -0.143. The maximum Gasteiger partial charge on any atom is 0.338 e. The Morgan fingerprint density at radius 2 is 1.83 bits per heavy atom. The second-order valence-electron chi connectivity index (χ2n) is 6.94. The number of benzene rings is 2. The zero-order valence-electron chi connectivity index (χ0n) is 16.5. The number of hydrogen-bond donors (Lipinski definition) is 2. The number of nitrogens with one attached hydrogen (secondary N) is 2. The molecule has 6 nitrogen and oxygen atoms in total. The number of para-hydroxylation sites is 1. The fourth-order valence-corrected chi connectivity index (χ4v) is 3.29. The molecule has 2 amide bonds. The van der Waals surface area contributed by atoms with Crippen molar-refractivity contribution in [2.45, 2.75) is 39.5 Å². The van der Waals surface area contributed by atoms with Crippen LogP contribution in [0.3, 0.4) is 0 Å². The summed E-state index contributed by atoms with van der Waals surface area (Å²) in [6, 6.07) is 13.6. The monoisotopic (exact) mass is 414 g/mol. The first kappa shape index (κ1) is 20.7. The van der Waals surface area contributed by atoms with E-state index in [-0.39, 0.29) is 12.7 Å². The summed E-state index contributed by atoms with van der Waals surface area (Å²) in [5.41, 5.74) is 2.28. The summed E-state index contributed by atoms with van der Waals surface area (Å²) in [6.07, 6.45) is -0.284. The molecule has 1 aliphatic heterocycles. The quantitative estimate of drug-likeness (QED) is 0.682. The second kappa shape index (κ2) is 9.01. The van der Waals surface area contributed by atoms with Crippen molar-refractivity contribution in [3.63, 3.8) is 0 Å². The van der Waals surface area contributed by atoms with Crippen LogP contribution >= 0.6 is 11.6 Å². The van der Waals surface area contributed by atoms with Gasteiger partial charge in [-0.25, -0.2) is 9.59 Å². The smallest absolute Gasteiger partial charge is 0.338 e. The summed E-state index contributed by atoms with van der Waals surface area (Å²) in [5, 5.41) is 6.05. The van der Waals surface area contributed by atoms with Crippen molar-refractivity contribution in [2.24, 2.45) is 0 Å². The molecule has 0 saturated carbocycles. The van der Waals surface area contributed by atoms with E-state index in [4.69, 9.17) is 21.1 Å². The van der Waals surface area contributed by atoms with Crippen LogP contribution in [-0.4, -0.2) is 18.1 Å². The van der Waals surface area contributed by atoms with Crippen molar-refractivity contribution >= 4 is 23.6 Å². The van der Waals surface area contributed by atoms with Gasteiger partial charge in [0.2, 0.25) is 0 Å². The molecule has 1 atom stereocenters. The van der Waals surface area contributed by atoms with Crippen molar-refractivity contribution in [3.05, 3.63) is 76.0 Å². The Morgan fingerprint density at radius 3 is 2.55 bits per heavy atom. The Balaban J connectivity index is 1.93. The molecule has 29 heavy (non-hydrogen) atoms. The number of hydrogen-bond acceptors (Lipinski definition) is 4. The molecule has 1 heterocycles. The Kier molecular flexibility index (Phi) is 6.44. The predicted octanol–water partition coefficient (Wildman–Crippen LogP) is 4.50. The van der Waals surface area contributed by atoms with E-state index in [1.807, 2.05) is 36.4 Å². The first-order chi connectivity index (χ1) is 13.9. The van der Waals surface area contributed by atoms with Gasteiger partial charge in [-0.3, -0.25) is 0 Å². The highest BCUT2D eigenvalue weighted by Gasteiger charge is 2.34. The van der Waals surface area contributed by atoms with Crippen LogP contribution in [0.25, 0.3) is 0 Å². The molecule has 0 fully saturated rings. The molecule has 1 aliphatic rings. The van der Waals surface area contributed by atoms with E-state index < -0.39 is 18.0 Å². The van der Waals surface area contributed by atoms with Crippen LogP contribution in [0.5, 0.6) is 5.75 Å². The van der Waals surface area contributed by atoms with E-state index in [1.165, 1.54) is 0 Å². The van der Waals surface area contributed by atoms with E-state index in [2.05, 4.69) is 10.6 Å². The highest BCUT2D eigenvalue weighted by Crippen LogP contribution is 2.34. The maximum atomic E-state index is 12.7. The average molecular weight is 415 g/mol. The molecule has 152 valence electrons. The third-order valence-corrected chi connectivity index (χ3v) is 4.77. The number of urea groups is 1. The van der Waals surface area contributed by atoms with Crippen LogP contribution in [0.4, 0.5) is 4.79 Å². The van der Waals surface area contributed by atoms with Crippen molar-refractivity contribution < 1.29 is 19.1 Å². The first-order valence-corrected chi connectivity index (χ1v) is 9.69. The Morgan fingerprint density at radius 1 is 1.14 bits per heavy atom. The highest BCUT2D eigenvalue weighted by atomic mass is 35.5. The summed E-state index contributed by atoms with van der Waals surface area (Å²) in [4.78, 5) is 24.8. The third-order valence-electron chi connectivity index (χ3n) is 4.40. The summed E-state index contributed by atoms with van der Waals surface area (Å²) in [7, 11) is 0. The molecule has 0 spiro atoms. The topological polar surface area (TPSA) is 76.7 Å². The van der Waals surface area contributed by atoms with Gasteiger partial charge in [-0.15, -0.1) is 0 Å². The second-order valence-corrected chi connectivity index (χ2v) is 7.35. The molecular formula is C22H23ClN2O4. The Labute approximate surface area is 174 Å². The van der Waals surface area contributed by atoms with Gasteiger partial charge in [-0.2, -0.15) is 0 Å². The minimum atomic E-state index is -0.697. The number of amides is 2. The van der Waals surface area contributed by atoms with Crippen LogP contribution in [0.15, 0.2) is 59.8 Å². The largest absolute Gasteiger partial charge is 0.488 e. The first-order valence-electron chi connectivity index (χ1n) is 9.31. The zero-order chi connectivity index (χ0) is 21.0. The van der Waals surface area contributed by atoms with Crippen LogP contribution in [-0.2, 0) is 16.1 Å². The van der Waals surface area contributed by atoms with E-state index in [0.29, 0.717) is 27.6 Å². The van der Waals surface area contributed by atoms with Gasteiger partial charge in [0.15, 0.2) is 0 Å². The minimum absolute atomic E-state index is 0.254. The lowest BCUT2D eigenvalue weighted by Crippen LogP contribution is -2.45. The molecule has 2 aromatic rings. The molecule has 2 N–H and O–H groups in total. The number of ether oxygens (including phenoxy) is 2. The minimum Gasteiger partial charge on any atom is -0.488 e. The van der Waals surface area contributed by atoms with Crippen LogP contribution in [0.1, 0.15) is 37.9 Å². The number of halogens is 1. The van der Waals surface area contributed by atoms with E-state index in [0.717, 1.165) is 5.56 Å². The van der Waals surface area contributed by atoms with Gasteiger partial charge in [0.05, 0.1) is 17.7 Å². The maximum absolute atomic E-state index is 12.7. The summed E-state index contributed by atoms with van der Waals surface area (Å²) in [6.45, 7) is 5.48. The number of rotatable bonds is 6. The highest BCUT2D eigenvalue weighted by molar-refractivity contribution is 6.31. The summed E-state index contributed by atoms with van der Waals surface area (Å²) < 4.78 is 11.4. The van der Waals surface area contributed by atoms with Crippen LogP contribution in [0.2, 0.25) is 5.02 Å². The molecule has 7 heteroatoms. The van der Waals surface area contributed by atoms with Gasteiger partial charge >= 0.3 is 12.0 Å². The third kappa shape index (κ3) is 4.90. The fraction of sp³-hybridized carbons (Fsp3) is 0.273. The van der Waals surface area contributed by atoms with Crippen LogP contribution in [0, 0.1) is 0 Å². The Hall–Kier alpha value is -2.99. The lowest BCUT2D eigenvalue weighted by Gasteiger charge is -2.29. The van der Waals surface area contributed by atoms with Crippen LogP contribution < -0.4 is 15.4 Å². The number of esters is 1. The van der Waals surface area contributed by atoms with Gasteiger partial charge in [0.25, 0.3) is 0 Å². The molecular weight excluding hydrogens is 392 g/mol. The molecule has 0 radical (unpaired) electrons. The van der Waals surface area contributed by atoms with Crippen molar-refractivity contribution in [1.29, 1.82) is 0 Å².